The van der Waals surface area contributed by atoms with Gasteiger partial charge in [-0.2, -0.15) is 13.2 Å². The van der Waals surface area contributed by atoms with Gasteiger partial charge in [-0.15, -0.1) is 0 Å². The van der Waals surface area contributed by atoms with Gasteiger partial charge in [0.25, 0.3) is 0 Å². The molecule has 1 fully saturated rings. The number of carbonyl (C=O) groups excluding carboxylic acids is 2. The minimum absolute atomic E-state index is 0.00348. The Kier molecular flexibility index (Phi) is 5.57. The van der Waals surface area contributed by atoms with Crippen molar-refractivity contribution in [1.29, 1.82) is 0 Å². The molecule has 0 saturated carbocycles. The van der Waals surface area contributed by atoms with Crippen molar-refractivity contribution in [2.75, 3.05) is 19.0 Å². The summed E-state index contributed by atoms with van der Waals surface area (Å²) in [5.74, 6) is -0.530. The van der Waals surface area contributed by atoms with E-state index in [1.165, 1.54) is 28.4 Å². The summed E-state index contributed by atoms with van der Waals surface area (Å²) in [5, 5.41) is 3.16. The number of hydrogen-bond donors (Lipinski definition) is 1. The lowest BCUT2D eigenvalue weighted by Gasteiger charge is -2.17. The third kappa shape index (κ3) is 4.63. The Morgan fingerprint density at radius 1 is 1.29 bits per heavy atom. The van der Waals surface area contributed by atoms with Crippen LogP contribution in [0.1, 0.15) is 17.5 Å². The lowest BCUT2D eigenvalue weighted by atomic mass is 10.1. The molecule has 1 N–H and O–H groups in total. The van der Waals surface area contributed by atoms with Gasteiger partial charge in [-0.1, -0.05) is 23.5 Å². The van der Waals surface area contributed by atoms with Crippen molar-refractivity contribution >= 4 is 38.5 Å². The van der Waals surface area contributed by atoms with E-state index >= 15 is 0 Å². The van der Waals surface area contributed by atoms with Crippen molar-refractivity contribution in [2.45, 2.75) is 19.1 Å². The fourth-order valence-electron chi connectivity index (χ4n) is 3.46. The number of anilines is 1. The zero-order valence-electron chi connectivity index (χ0n) is 16.4. The van der Waals surface area contributed by atoms with Crippen LogP contribution >= 0.6 is 11.3 Å². The molecule has 4 rings (SSSR count). The average Bonchev–Trinajstić information content (AvgIpc) is 3.29. The summed E-state index contributed by atoms with van der Waals surface area (Å²) in [4.78, 5) is 30.8. The number of likely N-dealkylation sites (tertiary alicyclic amines) is 1. The fourth-order valence-corrected chi connectivity index (χ4v) is 4.36. The molecule has 0 radical (unpaired) electrons. The Morgan fingerprint density at radius 2 is 2.10 bits per heavy atom. The monoisotopic (exact) mass is 449 g/mol. The molecule has 10 heteroatoms. The van der Waals surface area contributed by atoms with E-state index in [2.05, 4.69) is 10.3 Å². The van der Waals surface area contributed by atoms with Crippen LogP contribution in [-0.4, -0.2) is 35.4 Å². The SMILES string of the molecule is COc1ccc2nc(NC(=O)C3CC(=O)N(Cc4cccc(C(F)(F)F)c4)C3)sc2c1. The van der Waals surface area contributed by atoms with Gasteiger partial charge in [-0.3, -0.25) is 9.59 Å². The first-order valence-electron chi connectivity index (χ1n) is 9.42. The number of halogens is 3. The highest BCUT2D eigenvalue weighted by molar-refractivity contribution is 7.22. The minimum atomic E-state index is -4.45. The van der Waals surface area contributed by atoms with Gasteiger partial charge in [0.05, 0.1) is 28.8 Å². The van der Waals surface area contributed by atoms with Gasteiger partial charge < -0.3 is 15.0 Å². The molecule has 1 atom stereocenters. The van der Waals surface area contributed by atoms with E-state index in [4.69, 9.17) is 4.74 Å². The maximum absolute atomic E-state index is 12.9. The summed E-state index contributed by atoms with van der Waals surface area (Å²) in [6.45, 7) is 0.160. The first-order valence-corrected chi connectivity index (χ1v) is 10.2. The zero-order chi connectivity index (χ0) is 22.2. The predicted octanol–water partition coefficient (Wildman–Crippen LogP) is 4.31. The number of nitrogens with one attached hydrogen (secondary N) is 1. The number of benzene rings is 2. The molecule has 1 saturated heterocycles. The molecule has 2 aromatic carbocycles. The second-order valence-corrected chi connectivity index (χ2v) is 8.25. The number of hydrogen-bond acceptors (Lipinski definition) is 5. The van der Waals surface area contributed by atoms with Crippen LogP contribution in [0.2, 0.25) is 0 Å². The van der Waals surface area contributed by atoms with Crippen LogP contribution in [0, 0.1) is 5.92 Å². The highest BCUT2D eigenvalue weighted by Crippen LogP contribution is 2.32. The van der Waals surface area contributed by atoms with Crippen LogP contribution in [-0.2, 0) is 22.3 Å². The van der Waals surface area contributed by atoms with Crippen molar-refractivity contribution in [2.24, 2.45) is 5.92 Å². The van der Waals surface area contributed by atoms with E-state index in [9.17, 15) is 22.8 Å². The average molecular weight is 449 g/mol. The maximum Gasteiger partial charge on any atom is 0.416 e. The van der Waals surface area contributed by atoms with Crippen LogP contribution in [0.4, 0.5) is 18.3 Å². The third-order valence-corrected chi connectivity index (χ3v) is 5.97. The molecular formula is C21H18F3N3O3S. The molecule has 1 unspecified atom stereocenters. The Balaban J connectivity index is 1.41. The largest absolute Gasteiger partial charge is 0.497 e. The molecule has 2 amide bonds. The number of ether oxygens (including phenoxy) is 1. The molecule has 1 aliphatic heterocycles. The second-order valence-electron chi connectivity index (χ2n) is 7.22. The molecule has 2 heterocycles. The van der Waals surface area contributed by atoms with E-state index < -0.39 is 17.7 Å². The number of alkyl halides is 3. The van der Waals surface area contributed by atoms with Crippen molar-refractivity contribution in [3.8, 4) is 5.75 Å². The molecule has 6 nitrogen and oxygen atoms in total. The molecule has 162 valence electrons. The first kappa shape index (κ1) is 21.1. The van der Waals surface area contributed by atoms with E-state index in [1.54, 1.807) is 19.2 Å². The van der Waals surface area contributed by atoms with Crippen LogP contribution < -0.4 is 10.1 Å². The highest BCUT2D eigenvalue weighted by Gasteiger charge is 2.35. The summed E-state index contributed by atoms with van der Waals surface area (Å²) in [6, 6.07) is 10.2. The van der Waals surface area contributed by atoms with Crippen LogP contribution in [0.5, 0.6) is 5.75 Å². The highest BCUT2D eigenvalue weighted by atomic mass is 32.1. The summed E-state index contributed by atoms with van der Waals surface area (Å²) in [6.07, 6.45) is -4.45. The summed E-state index contributed by atoms with van der Waals surface area (Å²) in [7, 11) is 1.56. The van der Waals surface area contributed by atoms with Crippen molar-refractivity contribution in [1.82, 2.24) is 9.88 Å². The standard InChI is InChI=1S/C21H18F3N3O3S/c1-30-15-5-6-16-17(9-15)31-20(25-16)26-19(29)13-8-18(28)27(11-13)10-12-3-2-4-14(7-12)21(22,23)24/h2-7,9,13H,8,10-11H2,1H3,(H,25,26,29). The lowest BCUT2D eigenvalue weighted by molar-refractivity contribution is -0.137. The molecular weight excluding hydrogens is 431 g/mol. The van der Waals surface area contributed by atoms with Gasteiger partial charge in [0.1, 0.15) is 5.75 Å². The molecule has 0 aliphatic carbocycles. The number of methoxy groups -OCH3 is 1. The van der Waals surface area contributed by atoms with Gasteiger partial charge in [-0.25, -0.2) is 4.98 Å². The van der Waals surface area contributed by atoms with E-state index in [0.29, 0.717) is 16.4 Å². The number of carbonyl (C=O) groups is 2. The quantitative estimate of drug-likeness (QED) is 0.630. The zero-order valence-corrected chi connectivity index (χ0v) is 17.2. The van der Waals surface area contributed by atoms with Crippen molar-refractivity contribution < 1.29 is 27.5 Å². The van der Waals surface area contributed by atoms with Crippen molar-refractivity contribution in [3.05, 3.63) is 53.6 Å². The molecule has 3 aromatic rings. The van der Waals surface area contributed by atoms with Gasteiger partial charge in [0.2, 0.25) is 11.8 Å². The Morgan fingerprint density at radius 3 is 2.84 bits per heavy atom. The molecule has 31 heavy (non-hydrogen) atoms. The number of aromatic nitrogens is 1. The van der Waals surface area contributed by atoms with Crippen LogP contribution in [0.3, 0.4) is 0 Å². The number of rotatable bonds is 5. The van der Waals surface area contributed by atoms with Crippen LogP contribution in [0.25, 0.3) is 10.2 Å². The Labute approximate surface area is 179 Å². The van der Waals surface area contributed by atoms with E-state index in [1.807, 2.05) is 6.07 Å². The Bertz CT molecular complexity index is 1150. The van der Waals surface area contributed by atoms with E-state index in [0.717, 1.165) is 22.3 Å². The number of thiazole rings is 1. The lowest BCUT2D eigenvalue weighted by Crippen LogP contribution is -2.28. The summed E-state index contributed by atoms with van der Waals surface area (Å²) >= 11 is 1.29. The van der Waals surface area contributed by atoms with Crippen molar-refractivity contribution in [3.63, 3.8) is 0 Å². The van der Waals surface area contributed by atoms with E-state index in [-0.39, 0.29) is 31.3 Å². The molecule has 0 bridgehead atoms. The molecule has 1 aromatic heterocycles. The second kappa shape index (κ2) is 8.18. The first-order chi connectivity index (χ1) is 14.7. The predicted molar refractivity (Wildman–Crippen MR) is 110 cm³/mol. The fraction of sp³-hybridized carbons (Fsp3) is 0.286. The number of amides is 2. The Hall–Kier alpha value is -3.14. The number of fused-ring (bicyclic) bond motifs is 1. The summed E-state index contributed by atoms with van der Waals surface area (Å²) in [5.41, 5.74) is 0.317. The normalized spacial score (nSPS) is 16.7. The van der Waals surface area contributed by atoms with Gasteiger partial charge in [-0.05, 0) is 35.9 Å². The molecule has 0 spiro atoms. The molecule has 1 aliphatic rings. The van der Waals surface area contributed by atoms with Gasteiger partial charge in [0.15, 0.2) is 5.13 Å². The van der Waals surface area contributed by atoms with Gasteiger partial charge >= 0.3 is 6.18 Å². The summed E-state index contributed by atoms with van der Waals surface area (Å²) < 4.78 is 44.7. The maximum atomic E-state index is 12.9. The smallest absolute Gasteiger partial charge is 0.416 e. The van der Waals surface area contributed by atoms with Gasteiger partial charge in [0, 0.05) is 19.5 Å². The topological polar surface area (TPSA) is 71.5 Å². The third-order valence-electron chi connectivity index (χ3n) is 5.04. The van der Waals surface area contributed by atoms with Crippen LogP contribution in [0.15, 0.2) is 42.5 Å². The number of nitrogens with zero attached hydrogens (tertiary/aromatic N) is 2. The minimum Gasteiger partial charge on any atom is -0.497 e.